The van der Waals surface area contributed by atoms with Crippen LogP contribution in [-0.2, 0) is 16.0 Å². The third-order valence-corrected chi connectivity index (χ3v) is 2.84. The van der Waals surface area contributed by atoms with Crippen molar-refractivity contribution in [2.24, 2.45) is 5.92 Å². The van der Waals surface area contributed by atoms with Crippen LogP contribution in [0.2, 0.25) is 0 Å². The van der Waals surface area contributed by atoms with E-state index in [4.69, 9.17) is 9.84 Å². The molecule has 0 heterocycles. The summed E-state index contributed by atoms with van der Waals surface area (Å²) in [5.41, 5.74) is 0.748. The molecule has 0 amide bonds. The maximum Gasteiger partial charge on any atom is 0.411 e. The lowest BCUT2D eigenvalue weighted by molar-refractivity contribution is -0.175. The number of hydrogen-bond acceptors (Lipinski definition) is 3. The van der Waals surface area contributed by atoms with Crippen LogP contribution in [0.25, 0.3) is 0 Å². The lowest BCUT2D eigenvalue weighted by Crippen LogP contribution is -2.22. The monoisotopic (exact) mass is 306 g/mol. The number of ether oxygens (including phenoxy) is 2. The molecular weight excluding hydrogens is 289 g/mol. The Bertz CT molecular complexity index is 460. The number of alkyl halides is 3. The van der Waals surface area contributed by atoms with Gasteiger partial charge in [-0.3, -0.25) is 4.79 Å². The molecule has 7 heteroatoms. The van der Waals surface area contributed by atoms with E-state index < -0.39 is 24.7 Å². The van der Waals surface area contributed by atoms with Crippen molar-refractivity contribution in [3.63, 3.8) is 0 Å². The summed E-state index contributed by atoms with van der Waals surface area (Å²) < 4.78 is 45.2. The molecular formula is C14H17F3O4. The zero-order valence-electron chi connectivity index (χ0n) is 11.5. The molecule has 4 nitrogen and oxygen atoms in total. The average molecular weight is 306 g/mol. The number of benzene rings is 1. The van der Waals surface area contributed by atoms with E-state index in [1.807, 2.05) is 0 Å². The molecule has 0 saturated carbocycles. The number of aliphatic carboxylic acids is 1. The van der Waals surface area contributed by atoms with Gasteiger partial charge in [-0.1, -0.05) is 12.1 Å². The van der Waals surface area contributed by atoms with E-state index in [-0.39, 0.29) is 19.4 Å². The minimum Gasteiger partial charge on any atom is -0.497 e. The molecule has 0 aliphatic carbocycles. The third kappa shape index (κ3) is 6.99. The maximum absolute atomic E-state index is 11.9. The first kappa shape index (κ1) is 17.3. The SMILES string of the molecule is COc1cccc(CC(CCOCC(F)(F)F)C(=O)O)c1. The molecule has 1 aromatic carbocycles. The van der Waals surface area contributed by atoms with Crippen LogP contribution in [0, 0.1) is 5.92 Å². The van der Waals surface area contributed by atoms with Gasteiger partial charge in [0.2, 0.25) is 0 Å². The summed E-state index contributed by atoms with van der Waals surface area (Å²) in [5.74, 6) is -1.26. The topological polar surface area (TPSA) is 55.8 Å². The van der Waals surface area contributed by atoms with Crippen LogP contribution in [0.15, 0.2) is 24.3 Å². The fraction of sp³-hybridized carbons (Fsp3) is 0.500. The van der Waals surface area contributed by atoms with Gasteiger partial charge in [0, 0.05) is 6.61 Å². The second-order valence-corrected chi connectivity index (χ2v) is 4.55. The van der Waals surface area contributed by atoms with Gasteiger partial charge < -0.3 is 14.6 Å². The van der Waals surface area contributed by atoms with E-state index in [9.17, 15) is 18.0 Å². The summed E-state index contributed by atoms with van der Waals surface area (Å²) in [6.45, 7) is -1.61. The van der Waals surface area contributed by atoms with Crippen molar-refractivity contribution in [3.8, 4) is 5.75 Å². The van der Waals surface area contributed by atoms with Gasteiger partial charge in [0.1, 0.15) is 12.4 Å². The normalized spacial score (nSPS) is 13.0. The molecule has 118 valence electrons. The van der Waals surface area contributed by atoms with Gasteiger partial charge in [-0.05, 0) is 30.5 Å². The lowest BCUT2D eigenvalue weighted by Gasteiger charge is -2.14. The number of methoxy groups -OCH3 is 1. The Morgan fingerprint density at radius 2 is 2.10 bits per heavy atom. The smallest absolute Gasteiger partial charge is 0.411 e. The first-order chi connectivity index (χ1) is 9.81. The van der Waals surface area contributed by atoms with Crippen molar-refractivity contribution >= 4 is 5.97 Å². The van der Waals surface area contributed by atoms with E-state index in [2.05, 4.69) is 4.74 Å². The predicted octanol–water partition coefficient (Wildman–Crippen LogP) is 2.91. The van der Waals surface area contributed by atoms with Gasteiger partial charge >= 0.3 is 12.1 Å². The predicted molar refractivity (Wildman–Crippen MR) is 69.3 cm³/mol. The minimum absolute atomic E-state index is 0.0165. The lowest BCUT2D eigenvalue weighted by atomic mass is 9.96. The maximum atomic E-state index is 11.9. The van der Waals surface area contributed by atoms with Crippen molar-refractivity contribution < 1.29 is 32.5 Å². The van der Waals surface area contributed by atoms with Crippen LogP contribution in [0.4, 0.5) is 13.2 Å². The highest BCUT2D eigenvalue weighted by molar-refractivity contribution is 5.70. The van der Waals surface area contributed by atoms with Crippen LogP contribution < -0.4 is 4.74 Å². The molecule has 1 aromatic rings. The van der Waals surface area contributed by atoms with Gasteiger partial charge in [0.25, 0.3) is 0 Å². The van der Waals surface area contributed by atoms with Crippen molar-refractivity contribution in [3.05, 3.63) is 29.8 Å². The van der Waals surface area contributed by atoms with E-state index in [0.29, 0.717) is 5.75 Å². The Hall–Kier alpha value is -1.76. The van der Waals surface area contributed by atoms with Crippen molar-refractivity contribution in [2.45, 2.75) is 19.0 Å². The molecule has 0 spiro atoms. The molecule has 1 unspecified atom stereocenters. The Morgan fingerprint density at radius 3 is 2.67 bits per heavy atom. The first-order valence-corrected chi connectivity index (χ1v) is 6.32. The Morgan fingerprint density at radius 1 is 1.38 bits per heavy atom. The number of carbonyl (C=O) groups is 1. The highest BCUT2D eigenvalue weighted by Gasteiger charge is 2.27. The molecule has 0 aromatic heterocycles. The highest BCUT2D eigenvalue weighted by Crippen LogP contribution is 2.19. The Kier molecular flexibility index (Phi) is 6.48. The van der Waals surface area contributed by atoms with Gasteiger partial charge in [-0.15, -0.1) is 0 Å². The van der Waals surface area contributed by atoms with E-state index in [1.165, 1.54) is 7.11 Å². The van der Waals surface area contributed by atoms with E-state index in [0.717, 1.165) is 5.56 Å². The van der Waals surface area contributed by atoms with Crippen LogP contribution in [0.5, 0.6) is 5.75 Å². The van der Waals surface area contributed by atoms with Crippen molar-refractivity contribution in [1.29, 1.82) is 0 Å². The number of rotatable bonds is 8. The van der Waals surface area contributed by atoms with Crippen LogP contribution in [0.1, 0.15) is 12.0 Å². The molecule has 1 N–H and O–H groups in total. The summed E-state index contributed by atoms with van der Waals surface area (Å²) in [4.78, 5) is 11.1. The van der Waals surface area contributed by atoms with Gasteiger partial charge in [0.05, 0.1) is 13.0 Å². The molecule has 1 rings (SSSR count). The van der Waals surface area contributed by atoms with E-state index >= 15 is 0 Å². The average Bonchev–Trinajstić information content (AvgIpc) is 2.41. The number of hydrogen-bond donors (Lipinski definition) is 1. The third-order valence-electron chi connectivity index (χ3n) is 2.84. The van der Waals surface area contributed by atoms with Crippen LogP contribution in [-0.4, -0.2) is 37.6 Å². The fourth-order valence-electron chi connectivity index (χ4n) is 1.81. The zero-order valence-corrected chi connectivity index (χ0v) is 11.5. The molecule has 0 bridgehead atoms. The summed E-state index contributed by atoms with van der Waals surface area (Å²) >= 11 is 0. The Balaban J connectivity index is 2.51. The molecule has 0 fully saturated rings. The van der Waals surface area contributed by atoms with Crippen molar-refractivity contribution in [2.75, 3.05) is 20.3 Å². The molecule has 21 heavy (non-hydrogen) atoms. The summed E-state index contributed by atoms with van der Waals surface area (Å²) in [5, 5.41) is 9.11. The second-order valence-electron chi connectivity index (χ2n) is 4.55. The highest BCUT2D eigenvalue weighted by atomic mass is 19.4. The van der Waals surface area contributed by atoms with Crippen LogP contribution >= 0.6 is 0 Å². The molecule has 0 aliphatic heterocycles. The van der Waals surface area contributed by atoms with E-state index in [1.54, 1.807) is 24.3 Å². The molecule has 0 radical (unpaired) electrons. The van der Waals surface area contributed by atoms with Crippen molar-refractivity contribution in [1.82, 2.24) is 0 Å². The van der Waals surface area contributed by atoms with Gasteiger partial charge in [-0.25, -0.2) is 0 Å². The standard InChI is InChI=1S/C14H17F3O4/c1-20-12-4-2-3-10(8-12)7-11(13(18)19)5-6-21-9-14(15,16)17/h2-4,8,11H,5-7,9H2,1H3,(H,18,19). The summed E-state index contributed by atoms with van der Waals surface area (Å²) in [6, 6.07) is 6.90. The first-order valence-electron chi connectivity index (χ1n) is 6.32. The fourth-order valence-corrected chi connectivity index (χ4v) is 1.81. The summed E-state index contributed by atoms with van der Waals surface area (Å²) in [6.07, 6.45) is -4.17. The largest absolute Gasteiger partial charge is 0.497 e. The molecule has 0 saturated heterocycles. The van der Waals surface area contributed by atoms with Crippen LogP contribution in [0.3, 0.4) is 0 Å². The number of halogens is 3. The minimum atomic E-state index is -4.40. The quantitative estimate of drug-likeness (QED) is 0.750. The zero-order chi connectivity index (χ0) is 15.9. The number of carboxylic acids is 1. The second kappa shape index (κ2) is 7.87. The van der Waals surface area contributed by atoms with Gasteiger partial charge in [-0.2, -0.15) is 13.2 Å². The number of carboxylic acid groups (broad SMARTS) is 1. The molecule has 0 aliphatic rings. The van der Waals surface area contributed by atoms with Gasteiger partial charge in [0.15, 0.2) is 0 Å². The summed E-state index contributed by atoms with van der Waals surface area (Å²) in [7, 11) is 1.50. The molecule has 1 atom stereocenters. The Labute approximate surface area is 120 Å².